The Kier molecular flexibility index (Phi) is 3.90. The van der Waals surface area contributed by atoms with Crippen LogP contribution in [-0.2, 0) is 0 Å². The number of nitrogens with one attached hydrogen (secondary N) is 1. The predicted molar refractivity (Wildman–Crippen MR) is 105 cm³/mol. The van der Waals surface area contributed by atoms with Gasteiger partial charge in [0.2, 0.25) is 0 Å². The van der Waals surface area contributed by atoms with E-state index in [9.17, 15) is 0 Å². The van der Waals surface area contributed by atoms with Gasteiger partial charge in [-0.15, -0.1) is 0 Å². The minimum atomic E-state index is 0.0975. The number of ether oxygens (including phenoxy) is 1. The Morgan fingerprint density at radius 3 is 3.00 bits per heavy atom. The highest BCUT2D eigenvalue weighted by Crippen LogP contribution is 2.31. The van der Waals surface area contributed by atoms with E-state index < -0.39 is 0 Å². The highest BCUT2D eigenvalue weighted by molar-refractivity contribution is 5.91. The summed E-state index contributed by atoms with van der Waals surface area (Å²) in [5.74, 6) is 0.770. The summed E-state index contributed by atoms with van der Waals surface area (Å²) >= 11 is 0. The molecule has 2 aromatic carbocycles. The van der Waals surface area contributed by atoms with Gasteiger partial charge >= 0.3 is 0 Å². The highest BCUT2D eigenvalue weighted by Gasteiger charge is 2.26. The van der Waals surface area contributed by atoms with Gasteiger partial charge in [-0.25, -0.2) is 0 Å². The van der Waals surface area contributed by atoms with Crippen molar-refractivity contribution >= 4 is 27.6 Å². The van der Waals surface area contributed by atoms with E-state index in [4.69, 9.17) is 9.26 Å². The molecule has 0 radical (unpaired) electrons. The van der Waals surface area contributed by atoms with Gasteiger partial charge in [0.1, 0.15) is 11.4 Å². The lowest BCUT2D eigenvalue weighted by Crippen LogP contribution is -2.46. The largest absolute Gasteiger partial charge is 0.497 e. The van der Waals surface area contributed by atoms with Gasteiger partial charge in [0.25, 0.3) is 0 Å². The lowest BCUT2D eigenvalue weighted by atomic mass is 10.1. The maximum Gasteiger partial charge on any atom is 0.170 e. The van der Waals surface area contributed by atoms with Crippen molar-refractivity contribution in [2.45, 2.75) is 6.04 Å². The molecule has 6 heteroatoms. The van der Waals surface area contributed by atoms with Crippen molar-refractivity contribution in [2.75, 3.05) is 31.6 Å². The maximum atomic E-state index is 5.56. The number of fused-ring (bicyclic) bond motifs is 2. The molecule has 27 heavy (non-hydrogen) atoms. The first-order valence-corrected chi connectivity index (χ1v) is 9.09. The SMILES string of the molecule is COc1ccc2c(C3CN(c4ccnc5ccccc45)CCN3)noc2c1. The fourth-order valence-electron chi connectivity index (χ4n) is 3.82. The predicted octanol–water partition coefficient (Wildman–Crippen LogP) is 3.54. The van der Waals surface area contributed by atoms with E-state index in [1.54, 1.807) is 7.11 Å². The minimum absolute atomic E-state index is 0.0975. The lowest BCUT2D eigenvalue weighted by Gasteiger charge is -2.35. The Bertz CT molecular complexity index is 1100. The monoisotopic (exact) mass is 360 g/mol. The average molecular weight is 360 g/mol. The zero-order valence-corrected chi connectivity index (χ0v) is 15.1. The normalized spacial score (nSPS) is 17.5. The molecule has 0 aliphatic carbocycles. The fourth-order valence-corrected chi connectivity index (χ4v) is 3.82. The Hall–Kier alpha value is -3.12. The van der Waals surface area contributed by atoms with Crippen molar-refractivity contribution in [3.63, 3.8) is 0 Å². The second-order valence-corrected chi connectivity index (χ2v) is 6.73. The van der Waals surface area contributed by atoms with Crippen LogP contribution in [-0.4, -0.2) is 36.9 Å². The molecule has 1 aliphatic rings. The zero-order chi connectivity index (χ0) is 18.2. The van der Waals surface area contributed by atoms with Crippen LogP contribution in [0.25, 0.3) is 21.9 Å². The summed E-state index contributed by atoms with van der Waals surface area (Å²) in [4.78, 5) is 6.88. The van der Waals surface area contributed by atoms with Crippen molar-refractivity contribution < 1.29 is 9.26 Å². The molecule has 0 spiro atoms. The van der Waals surface area contributed by atoms with Gasteiger partial charge in [0.15, 0.2) is 5.58 Å². The summed E-state index contributed by atoms with van der Waals surface area (Å²) < 4.78 is 10.8. The van der Waals surface area contributed by atoms with Gasteiger partial charge < -0.3 is 19.5 Å². The van der Waals surface area contributed by atoms with E-state index in [1.807, 2.05) is 30.5 Å². The molecule has 1 aliphatic heterocycles. The number of nitrogens with zero attached hydrogens (tertiary/aromatic N) is 3. The van der Waals surface area contributed by atoms with Crippen LogP contribution in [0.15, 0.2) is 59.3 Å². The molecule has 1 saturated heterocycles. The summed E-state index contributed by atoms with van der Waals surface area (Å²) in [7, 11) is 1.65. The van der Waals surface area contributed by atoms with E-state index in [2.05, 4.69) is 44.6 Å². The fraction of sp³-hybridized carbons (Fsp3) is 0.238. The number of pyridine rings is 1. The third-order valence-corrected chi connectivity index (χ3v) is 5.18. The van der Waals surface area contributed by atoms with Crippen LogP contribution in [0.1, 0.15) is 11.7 Å². The maximum absolute atomic E-state index is 5.56. The number of anilines is 1. The highest BCUT2D eigenvalue weighted by atomic mass is 16.5. The smallest absolute Gasteiger partial charge is 0.170 e. The van der Waals surface area contributed by atoms with Gasteiger partial charge in [-0.1, -0.05) is 23.4 Å². The van der Waals surface area contributed by atoms with Crippen molar-refractivity contribution in [2.24, 2.45) is 0 Å². The molecule has 2 aromatic heterocycles. The molecule has 1 N–H and O–H groups in total. The van der Waals surface area contributed by atoms with Crippen LogP contribution in [0.2, 0.25) is 0 Å². The molecule has 0 amide bonds. The summed E-state index contributed by atoms with van der Waals surface area (Å²) in [5, 5.41) is 10.1. The second-order valence-electron chi connectivity index (χ2n) is 6.73. The Balaban J connectivity index is 1.49. The van der Waals surface area contributed by atoms with Crippen LogP contribution in [0, 0.1) is 0 Å². The number of hydrogen-bond acceptors (Lipinski definition) is 6. The Morgan fingerprint density at radius 1 is 1.15 bits per heavy atom. The molecule has 0 saturated carbocycles. The topological polar surface area (TPSA) is 63.4 Å². The first-order chi connectivity index (χ1) is 13.3. The number of benzene rings is 2. The van der Waals surface area contributed by atoms with Gasteiger partial charge in [0.05, 0.1) is 18.7 Å². The molecular formula is C21H20N4O2. The van der Waals surface area contributed by atoms with E-state index in [1.165, 1.54) is 11.1 Å². The van der Waals surface area contributed by atoms with E-state index in [0.717, 1.165) is 47.6 Å². The molecule has 5 rings (SSSR count). The number of para-hydroxylation sites is 1. The van der Waals surface area contributed by atoms with Crippen LogP contribution in [0.4, 0.5) is 5.69 Å². The lowest BCUT2D eigenvalue weighted by molar-refractivity contribution is 0.401. The summed E-state index contributed by atoms with van der Waals surface area (Å²) in [6.45, 7) is 2.64. The van der Waals surface area contributed by atoms with Crippen LogP contribution in [0.5, 0.6) is 5.75 Å². The quantitative estimate of drug-likeness (QED) is 0.603. The van der Waals surface area contributed by atoms with Crippen molar-refractivity contribution in [3.8, 4) is 5.75 Å². The summed E-state index contributed by atoms with van der Waals surface area (Å²) in [5.41, 5.74) is 3.92. The number of hydrogen-bond donors (Lipinski definition) is 1. The van der Waals surface area contributed by atoms with Gasteiger partial charge in [-0.2, -0.15) is 0 Å². The van der Waals surface area contributed by atoms with E-state index in [0.29, 0.717) is 0 Å². The number of piperazine rings is 1. The summed E-state index contributed by atoms with van der Waals surface area (Å²) in [6.07, 6.45) is 1.88. The molecule has 1 atom stereocenters. The van der Waals surface area contributed by atoms with E-state index in [-0.39, 0.29) is 6.04 Å². The molecule has 6 nitrogen and oxygen atoms in total. The molecule has 0 bridgehead atoms. The Morgan fingerprint density at radius 2 is 2.07 bits per heavy atom. The number of rotatable bonds is 3. The van der Waals surface area contributed by atoms with Crippen LogP contribution >= 0.6 is 0 Å². The van der Waals surface area contributed by atoms with Crippen molar-refractivity contribution in [3.05, 3.63) is 60.4 Å². The third kappa shape index (κ3) is 2.78. The molecule has 136 valence electrons. The summed E-state index contributed by atoms with van der Waals surface area (Å²) in [6, 6.07) is 16.3. The zero-order valence-electron chi connectivity index (χ0n) is 15.1. The Labute approximate surface area is 156 Å². The molecule has 3 heterocycles. The third-order valence-electron chi connectivity index (χ3n) is 5.18. The van der Waals surface area contributed by atoms with Gasteiger partial charge in [-0.3, -0.25) is 4.98 Å². The first-order valence-electron chi connectivity index (χ1n) is 9.09. The van der Waals surface area contributed by atoms with E-state index >= 15 is 0 Å². The molecular weight excluding hydrogens is 340 g/mol. The minimum Gasteiger partial charge on any atom is -0.497 e. The number of aromatic nitrogens is 2. The second kappa shape index (κ2) is 6.55. The first kappa shape index (κ1) is 16.1. The van der Waals surface area contributed by atoms with Gasteiger partial charge in [0, 0.05) is 48.4 Å². The standard InChI is InChI=1S/C21H20N4O2/c1-26-14-6-7-16-20(12-14)27-24-21(16)18-13-25(11-10-23-18)19-8-9-22-17-5-3-2-4-15(17)19/h2-9,12,18,23H,10-11,13H2,1H3. The van der Waals surface area contributed by atoms with Crippen LogP contribution in [0.3, 0.4) is 0 Å². The molecule has 1 fully saturated rings. The average Bonchev–Trinajstić information content (AvgIpc) is 3.16. The molecule has 1 unspecified atom stereocenters. The van der Waals surface area contributed by atoms with Crippen molar-refractivity contribution in [1.29, 1.82) is 0 Å². The molecule has 4 aromatic rings. The number of methoxy groups -OCH3 is 1. The van der Waals surface area contributed by atoms with Gasteiger partial charge in [-0.05, 0) is 24.3 Å². The van der Waals surface area contributed by atoms with Crippen molar-refractivity contribution in [1.82, 2.24) is 15.5 Å². The van der Waals surface area contributed by atoms with Crippen LogP contribution < -0.4 is 15.0 Å².